The Labute approximate surface area is 115 Å². The fraction of sp³-hybridized carbons (Fsp3) is 0.571. The summed E-state index contributed by atoms with van der Waals surface area (Å²) in [5.74, 6) is 1.68. The van der Waals surface area contributed by atoms with E-state index in [9.17, 15) is 0 Å². The largest absolute Gasteiger partial charge is 0.493 e. The molecule has 1 aliphatic carbocycles. The van der Waals surface area contributed by atoms with E-state index in [-0.39, 0.29) is 12.4 Å². The number of methoxy groups -OCH3 is 1. The number of hydrogen-bond acceptors (Lipinski definition) is 3. The van der Waals surface area contributed by atoms with Gasteiger partial charge in [-0.05, 0) is 56.3 Å². The van der Waals surface area contributed by atoms with E-state index >= 15 is 0 Å². The molecule has 1 saturated carbocycles. The first-order chi connectivity index (χ1) is 8.33. The zero-order valence-corrected chi connectivity index (χ0v) is 11.7. The molecule has 2 rings (SSSR count). The Bertz CT molecular complexity index is 365. The van der Waals surface area contributed by atoms with Crippen LogP contribution in [-0.2, 0) is 6.42 Å². The second-order valence-corrected chi connectivity index (χ2v) is 4.55. The number of halogens is 1. The molecule has 0 aromatic heterocycles. The minimum atomic E-state index is 0. The molecule has 1 aliphatic rings. The molecular weight excluding hydrogens is 250 g/mol. The van der Waals surface area contributed by atoms with Crippen LogP contribution in [0.5, 0.6) is 11.5 Å². The molecule has 0 spiro atoms. The lowest BCUT2D eigenvalue weighted by Gasteiger charge is -2.16. The molecule has 1 fully saturated rings. The van der Waals surface area contributed by atoms with Crippen LogP contribution in [0.2, 0.25) is 0 Å². The van der Waals surface area contributed by atoms with Crippen molar-refractivity contribution in [3.8, 4) is 11.5 Å². The molecule has 0 unspecified atom stereocenters. The van der Waals surface area contributed by atoms with Crippen LogP contribution in [0.15, 0.2) is 18.2 Å². The minimum Gasteiger partial charge on any atom is -0.493 e. The Kier molecular flexibility index (Phi) is 6.30. The molecule has 18 heavy (non-hydrogen) atoms. The summed E-state index contributed by atoms with van der Waals surface area (Å²) in [6.07, 6.45) is 6.11. The van der Waals surface area contributed by atoms with Gasteiger partial charge >= 0.3 is 0 Å². The molecule has 4 heteroatoms. The Morgan fingerprint density at radius 1 is 1.22 bits per heavy atom. The van der Waals surface area contributed by atoms with E-state index < -0.39 is 0 Å². The molecule has 0 atom stereocenters. The van der Waals surface area contributed by atoms with E-state index in [1.807, 2.05) is 12.1 Å². The predicted octanol–water partition coefficient (Wildman–Crippen LogP) is 2.94. The molecule has 0 aliphatic heterocycles. The summed E-state index contributed by atoms with van der Waals surface area (Å²) in [6, 6.07) is 6.10. The number of nitrogens with two attached hydrogens (primary N) is 1. The highest BCUT2D eigenvalue weighted by Crippen LogP contribution is 2.32. The highest BCUT2D eigenvalue weighted by atomic mass is 35.5. The maximum atomic E-state index is 5.97. The van der Waals surface area contributed by atoms with Crippen LogP contribution in [0.1, 0.15) is 31.2 Å². The summed E-state index contributed by atoms with van der Waals surface area (Å²) in [6.45, 7) is 0.659. The number of benzene rings is 1. The number of ether oxygens (including phenoxy) is 2. The van der Waals surface area contributed by atoms with Crippen molar-refractivity contribution in [1.82, 2.24) is 0 Å². The monoisotopic (exact) mass is 271 g/mol. The molecule has 0 saturated heterocycles. The zero-order chi connectivity index (χ0) is 12.1. The molecule has 1 aromatic carbocycles. The third kappa shape index (κ3) is 3.79. The highest BCUT2D eigenvalue weighted by molar-refractivity contribution is 5.85. The lowest BCUT2D eigenvalue weighted by molar-refractivity contribution is 0.200. The molecule has 3 nitrogen and oxygen atoms in total. The fourth-order valence-corrected chi connectivity index (χ4v) is 2.32. The summed E-state index contributed by atoms with van der Waals surface area (Å²) in [4.78, 5) is 0. The standard InChI is InChI=1S/C14H21NO2.ClH/c1-16-14-10-11(8-9-15)6-7-13(14)17-12-4-2-3-5-12;/h6-7,10,12H,2-5,8-9,15H2,1H3;1H. The fourth-order valence-electron chi connectivity index (χ4n) is 2.32. The van der Waals surface area contributed by atoms with E-state index in [1.54, 1.807) is 7.11 Å². The normalized spacial score (nSPS) is 15.2. The van der Waals surface area contributed by atoms with E-state index in [0.717, 1.165) is 30.8 Å². The maximum Gasteiger partial charge on any atom is 0.161 e. The summed E-state index contributed by atoms with van der Waals surface area (Å²) in [5.41, 5.74) is 6.75. The van der Waals surface area contributed by atoms with Gasteiger partial charge < -0.3 is 15.2 Å². The van der Waals surface area contributed by atoms with Crippen molar-refractivity contribution in [3.05, 3.63) is 23.8 Å². The molecule has 1 aromatic rings. The zero-order valence-electron chi connectivity index (χ0n) is 10.9. The summed E-state index contributed by atoms with van der Waals surface area (Å²) in [5, 5.41) is 0. The summed E-state index contributed by atoms with van der Waals surface area (Å²) < 4.78 is 11.4. The van der Waals surface area contributed by atoms with E-state index in [2.05, 4.69) is 6.07 Å². The lowest BCUT2D eigenvalue weighted by atomic mass is 10.1. The van der Waals surface area contributed by atoms with Gasteiger partial charge in [0.05, 0.1) is 13.2 Å². The van der Waals surface area contributed by atoms with Crippen molar-refractivity contribution in [2.45, 2.75) is 38.2 Å². The Morgan fingerprint density at radius 3 is 2.56 bits per heavy atom. The quantitative estimate of drug-likeness (QED) is 0.896. The number of rotatable bonds is 5. The Balaban J connectivity index is 0.00000162. The summed E-state index contributed by atoms with van der Waals surface area (Å²) >= 11 is 0. The van der Waals surface area contributed by atoms with Gasteiger partial charge in [-0.3, -0.25) is 0 Å². The first-order valence-corrected chi connectivity index (χ1v) is 6.37. The van der Waals surface area contributed by atoms with Gasteiger partial charge in [-0.15, -0.1) is 12.4 Å². The molecule has 102 valence electrons. The van der Waals surface area contributed by atoms with Crippen LogP contribution >= 0.6 is 12.4 Å². The van der Waals surface area contributed by atoms with Crippen LogP contribution < -0.4 is 15.2 Å². The van der Waals surface area contributed by atoms with Crippen molar-refractivity contribution in [1.29, 1.82) is 0 Å². The van der Waals surface area contributed by atoms with E-state index in [1.165, 1.54) is 18.4 Å². The predicted molar refractivity (Wildman–Crippen MR) is 75.9 cm³/mol. The lowest BCUT2D eigenvalue weighted by Crippen LogP contribution is -2.11. The average Bonchev–Trinajstić information content (AvgIpc) is 2.84. The number of hydrogen-bond donors (Lipinski definition) is 1. The molecule has 0 bridgehead atoms. The van der Waals surface area contributed by atoms with Gasteiger partial charge in [0.15, 0.2) is 11.5 Å². The average molecular weight is 272 g/mol. The van der Waals surface area contributed by atoms with Gasteiger partial charge in [-0.1, -0.05) is 6.07 Å². The summed E-state index contributed by atoms with van der Waals surface area (Å²) in [7, 11) is 1.68. The highest BCUT2D eigenvalue weighted by Gasteiger charge is 2.18. The van der Waals surface area contributed by atoms with Crippen LogP contribution in [-0.4, -0.2) is 19.8 Å². The topological polar surface area (TPSA) is 44.5 Å². The smallest absolute Gasteiger partial charge is 0.161 e. The molecular formula is C14H22ClNO2. The molecule has 0 radical (unpaired) electrons. The third-order valence-corrected chi connectivity index (χ3v) is 3.26. The minimum absolute atomic E-state index is 0. The van der Waals surface area contributed by atoms with Crippen molar-refractivity contribution in [2.75, 3.05) is 13.7 Å². The first kappa shape index (κ1) is 15.1. The Hall–Kier alpha value is -0.930. The second kappa shape index (κ2) is 7.49. The first-order valence-electron chi connectivity index (χ1n) is 6.37. The van der Waals surface area contributed by atoms with Crippen LogP contribution in [0.25, 0.3) is 0 Å². The van der Waals surface area contributed by atoms with Crippen LogP contribution in [0.4, 0.5) is 0 Å². The maximum absolute atomic E-state index is 5.97. The Morgan fingerprint density at radius 2 is 1.94 bits per heavy atom. The van der Waals surface area contributed by atoms with Crippen molar-refractivity contribution >= 4 is 12.4 Å². The molecule has 0 heterocycles. The molecule has 0 amide bonds. The van der Waals surface area contributed by atoms with Crippen molar-refractivity contribution < 1.29 is 9.47 Å². The van der Waals surface area contributed by atoms with Crippen LogP contribution in [0, 0.1) is 0 Å². The molecule has 2 N–H and O–H groups in total. The van der Waals surface area contributed by atoms with Gasteiger partial charge in [0.25, 0.3) is 0 Å². The van der Waals surface area contributed by atoms with Crippen LogP contribution in [0.3, 0.4) is 0 Å². The van der Waals surface area contributed by atoms with E-state index in [4.69, 9.17) is 15.2 Å². The van der Waals surface area contributed by atoms with Crippen molar-refractivity contribution in [2.24, 2.45) is 5.73 Å². The van der Waals surface area contributed by atoms with E-state index in [0.29, 0.717) is 12.6 Å². The third-order valence-electron chi connectivity index (χ3n) is 3.26. The van der Waals surface area contributed by atoms with Gasteiger partial charge in [-0.25, -0.2) is 0 Å². The van der Waals surface area contributed by atoms with Gasteiger partial charge in [0, 0.05) is 0 Å². The van der Waals surface area contributed by atoms with Gasteiger partial charge in [0.1, 0.15) is 0 Å². The van der Waals surface area contributed by atoms with Crippen molar-refractivity contribution in [3.63, 3.8) is 0 Å². The SMILES string of the molecule is COc1cc(CCN)ccc1OC1CCCC1.Cl. The van der Waals surface area contributed by atoms with Gasteiger partial charge in [-0.2, -0.15) is 0 Å². The second-order valence-electron chi connectivity index (χ2n) is 4.55. The van der Waals surface area contributed by atoms with Gasteiger partial charge in [0.2, 0.25) is 0 Å².